The molecule has 1 N–H and O–H groups in total. The van der Waals surface area contributed by atoms with Crippen molar-refractivity contribution >= 4 is 18.3 Å². The van der Waals surface area contributed by atoms with Crippen molar-refractivity contribution in [2.45, 2.75) is 64.1 Å². The predicted molar refractivity (Wildman–Crippen MR) is 99.0 cm³/mol. The number of nitrogens with zero attached hydrogens (tertiary/aromatic N) is 1. The Morgan fingerprint density at radius 2 is 1.88 bits per heavy atom. The van der Waals surface area contributed by atoms with Crippen LogP contribution in [0.5, 0.6) is 5.75 Å². The van der Waals surface area contributed by atoms with Gasteiger partial charge in [-0.25, -0.2) is 0 Å². The van der Waals surface area contributed by atoms with Crippen LogP contribution in [0.2, 0.25) is 0 Å². The molecule has 2 bridgehead atoms. The van der Waals surface area contributed by atoms with E-state index in [9.17, 15) is 4.79 Å². The number of nitrogens with one attached hydrogen (secondary N) is 1. The Morgan fingerprint density at radius 1 is 1.21 bits per heavy atom. The maximum atomic E-state index is 12.4. The van der Waals surface area contributed by atoms with E-state index in [2.05, 4.69) is 25.2 Å². The van der Waals surface area contributed by atoms with Crippen LogP contribution in [0.25, 0.3) is 0 Å². The number of halogens is 1. The van der Waals surface area contributed by atoms with Crippen LogP contribution < -0.4 is 10.1 Å². The molecule has 2 heterocycles. The van der Waals surface area contributed by atoms with E-state index < -0.39 is 0 Å². The maximum Gasteiger partial charge on any atom is 0.225 e. The van der Waals surface area contributed by atoms with Gasteiger partial charge in [-0.3, -0.25) is 4.79 Å². The molecule has 2 aliphatic heterocycles. The van der Waals surface area contributed by atoms with Gasteiger partial charge >= 0.3 is 0 Å². The molecule has 2 saturated heterocycles. The topological polar surface area (TPSA) is 41.6 Å². The van der Waals surface area contributed by atoms with Crippen molar-refractivity contribution in [3.05, 3.63) is 29.3 Å². The van der Waals surface area contributed by atoms with Crippen LogP contribution in [0.1, 0.15) is 43.2 Å². The molecule has 3 rings (SSSR count). The average molecular weight is 353 g/mol. The van der Waals surface area contributed by atoms with Crippen molar-refractivity contribution in [1.29, 1.82) is 0 Å². The second-order valence-electron chi connectivity index (χ2n) is 7.11. The van der Waals surface area contributed by atoms with Crippen LogP contribution in [0.4, 0.5) is 0 Å². The highest BCUT2D eigenvalue weighted by atomic mass is 35.5. The molecule has 0 saturated carbocycles. The van der Waals surface area contributed by atoms with Gasteiger partial charge in [0.15, 0.2) is 0 Å². The lowest BCUT2D eigenvalue weighted by molar-refractivity contribution is -0.133. The Labute approximate surface area is 151 Å². The van der Waals surface area contributed by atoms with Gasteiger partial charge in [-0.2, -0.15) is 0 Å². The molecule has 5 heteroatoms. The number of ether oxygens (including phenoxy) is 1. The van der Waals surface area contributed by atoms with Gasteiger partial charge in [-0.05, 0) is 62.8 Å². The predicted octanol–water partition coefficient (Wildman–Crippen LogP) is 3.24. The van der Waals surface area contributed by atoms with Gasteiger partial charge in [0.2, 0.25) is 5.91 Å². The molecular weight excluding hydrogens is 324 g/mol. The molecule has 134 valence electrons. The van der Waals surface area contributed by atoms with Crippen LogP contribution in [0, 0.1) is 13.8 Å². The number of carbonyl (C=O) groups excluding carboxylic acids is 1. The highest BCUT2D eigenvalue weighted by molar-refractivity contribution is 5.85. The first-order valence-corrected chi connectivity index (χ1v) is 8.74. The summed E-state index contributed by atoms with van der Waals surface area (Å²) in [5.41, 5.74) is 2.48. The van der Waals surface area contributed by atoms with Crippen molar-refractivity contribution in [2.75, 3.05) is 13.7 Å². The Hall–Kier alpha value is -1.26. The van der Waals surface area contributed by atoms with Crippen molar-refractivity contribution in [3.8, 4) is 5.75 Å². The first-order chi connectivity index (χ1) is 11.0. The lowest BCUT2D eigenvalue weighted by atomic mass is 9.98. The second-order valence-corrected chi connectivity index (χ2v) is 7.11. The largest absolute Gasteiger partial charge is 0.493 e. The molecule has 1 amide bonds. The number of amides is 1. The van der Waals surface area contributed by atoms with E-state index in [1.165, 1.54) is 24.0 Å². The number of fused-ring (bicyclic) bond motifs is 2. The molecule has 4 nitrogen and oxygen atoms in total. The Bertz CT molecular complexity index is 566. The van der Waals surface area contributed by atoms with Gasteiger partial charge in [0, 0.05) is 25.2 Å². The maximum absolute atomic E-state index is 12.4. The molecule has 1 aromatic carbocycles. The number of aryl methyl sites for hydroxylation is 2. The quantitative estimate of drug-likeness (QED) is 0.884. The summed E-state index contributed by atoms with van der Waals surface area (Å²) in [6, 6.07) is 7.68. The Kier molecular flexibility index (Phi) is 6.53. The summed E-state index contributed by atoms with van der Waals surface area (Å²) in [6.07, 6.45) is 5.16. The van der Waals surface area contributed by atoms with E-state index in [0.717, 1.165) is 18.6 Å². The molecule has 2 fully saturated rings. The van der Waals surface area contributed by atoms with Crippen LogP contribution in [-0.4, -0.2) is 42.6 Å². The molecule has 2 atom stereocenters. The first-order valence-electron chi connectivity index (χ1n) is 8.74. The standard InChI is InChI=1S/C19H28N2O2.ClH/c1-13-4-7-18(10-14(13)2)23-9-8-19(22)21(3)17-11-15-5-6-16(12-17)20-15;/h4,7,10,15-17,20H,5-6,8-9,11-12H2,1-3H3;1H. The van der Waals surface area contributed by atoms with Crippen molar-refractivity contribution in [3.63, 3.8) is 0 Å². The third kappa shape index (κ3) is 4.42. The molecule has 0 radical (unpaired) electrons. The third-order valence-corrected chi connectivity index (χ3v) is 5.45. The SMILES string of the molecule is Cc1ccc(OCCC(=O)N(C)C2CC3CCC(C2)N3)cc1C.Cl. The van der Waals surface area contributed by atoms with E-state index in [1.54, 1.807) is 0 Å². The second kappa shape index (κ2) is 8.21. The average Bonchev–Trinajstić information content (AvgIpc) is 2.88. The van der Waals surface area contributed by atoms with Gasteiger partial charge in [0.1, 0.15) is 5.75 Å². The summed E-state index contributed by atoms with van der Waals surface area (Å²) in [5, 5.41) is 3.63. The van der Waals surface area contributed by atoms with Gasteiger partial charge in [-0.15, -0.1) is 12.4 Å². The third-order valence-electron chi connectivity index (χ3n) is 5.45. The van der Waals surface area contributed by atoms with E-state index >= 15 is 0 Å². The Balaban J connectivity index is 0.00000208. The number of benzene rings is 1. The first kappa shape index (κ1) is 19.1. The minimum absolute atomic E-state index is 0. The minimum atomic E-state index is 0. The van der Waals surface area contributed by atoms with E-state index in [0.29, 0.717) is 31.2 Å². The van der Waals surface area contributed by atoms with Crippen LogP contribution in [0.3, 0.4) is 0 Å². The summed E-state index contributed by atoms with van der Waals surface area (Å²) in [6.45, 7) is 4.61. The molecule has 0 aromatic heterocycles. The minimum Gasteiger partial charge on any atom is -0.493 e. The normalized spacial score (nSPS) is 25.0. The van der Waals surface area contributed by atoms with Crippen LogP contribution in [0.15, 0.2) is 18.2 Å². The van der Waals surface area contributed by atoms with Crippen LogP contribution >= 0.6 is 12.4 Å². The van der Waals surface area contributed by atoms with Crippen molar-refractivity contribution < 1.29 is 9.53 Å². The molecule has 0 spiro atoms. The summed E-state index contributed by atoms with van der Waals surface area (Å²) in [7, 11) is 1.95. The lowest BCUT2D eigenvalue weighted by Crippen LogP contribution is -2.48. The fourth-order valence-electron chi connectivity index (χ4n) is 3.78. The Morgan fingerprint density at radius 3 is 2.50 bits per heavy atom. The van der Waals surface area contributed by atoms with E-state index in [-0.39, 0.29) is 18.3 Å². The molecule has 2 aliphatic rings. The van der Waals surface area contributed by atoms with Crippen molar-refractivity contribution in [1.82, 2.24) is 10.2 Å². The number of rotatable bonds is 5. The molecule has 1 aromatic rings. The molecule has 0 aliphatic carbocycles. The smallest absolute Gasteiger partial charge is 0.225 e. The zero-order valence-corrected chi connectivity index (χ0v) is 15.7. The number of hydrogen-bond acceptors (Lipinski definition) is 3. The van der Waals surface area contributed by atoms with Crippen molar-refractivity contribution in [2.24, 2.45) is 0 Å². The molecular formula is C19H29ClN2O2. The summed E-state index contributed by atoms with van der Waals surface area (Å²) < 4.78 is 5.74. The van der Waals surface area contributed by atoms with Gasteiger partial charge in [0.05, 0.1) is 13.0 Å². The number of piperidine rings is 1. The number of carbonyl (C=O) groups is 1. The van der Waals surface area contributed by atoms with Gasteiger partial charge < -0.3 is 15.0 Å². The van der Waals surface area contributed by atoms with E-state index in [4.69, 9.17) is 4.74 Å². The fourth-order valence-corrected chi connectivity index (χ4v) is 3.78. The monoisotopic (exact) mass is 352 g/mol. The summed E-state index contributed by atoms with van der Waals surface area (Å²) in [4.78, 5) is 14.4. The van der Waals surface area contributed by atoms with Gasteiger partial charge in [0.25, 0.3) is 0 Å². The molecule has 24 heavy (non-hydrogen) atoms. The van der Waals surface area contributed by atoms with Crippen LogP contribution in [-0.2, 0) is 4.79 Å². The highest BCUT2D eigenvalue weighted by Gasteiger charge is 2.36. The fraction of sp³-hybridized carbons (Fsp3) is 0.632. The van der Waals surface area contributed by atoms with Gasteiger partial charge in [-0.1, -0.05) is 6.07 Å². The summed E-state index contributed by atoms with van der Waals surface area (Å²) in [5.74, 6) is 1.04. The highest BCUT2D eigenvalue weighted by Crippen LogP contribution is 2.29. The van der Waals surface area contributed by atoms with E-state index in [1.807, 2.05) is 24.1 Å². The zero-order chi connectivity index (χ0) is 16.4. The zero-order valence-electron chi connectivity index (χ0n) is 14.9. The molecule has 2 unspecified atom stereocenters. The number of hydrogen-bond donors (Lipinski definition) is 1. The lowest BCUT2D eigenvalue weighted by Gasteiger charge is -2.35. The summed E-state index contributed by atoms with van der Waals surface area (Å²) >= 11 is 0.